The minimum absolute atomic E-state index is 0.0171. The van der Waals surface area contributed by atoms with Crippen molar-refractivity contribution in [3.63, 3.8) is 0 Å². The number of carbonyl (C=O) groups is 2. The number of nitrogens with zero attached hydrogens (tertiary/aromatic N) is 4. The first kappa shape index (κ1) is 17.1. The maximum Gasteiger partial charge on any atom is 0.226 e. The second kappa shape index (κ2) is 7.87. The monoisotopic (exact) mass is 343 g/mol. The Labute approximate surface area is 145 Å². The molecule has 1 atom stereocenters. The van der Waals surface area contributed by atoms with Crippen molar-refractivity contribution in [2.24, 2.45) is 5.92 Å². The normalized spacial score (nSPS) is 17.1. The molecule has 25 heavy (non-hydrogen) atoms. The lowest BCUT2D eigenvalue weighted by molar-refractivity contribution is -0.129. The third-order valence-electron chi connectivity index (χ3n) is 4.12. The van der Waals surface area contributed by atoms with Gasteiger partial charge in [-0.3, -0.25) is 14.6 Å². The Morgan fingerprint density at radius 3 is 3.04 bits per heavy atom. The molecule has 8 nitrogen and oxygen atoms in total. The van der Waals surface area contributed by atoms with Crippen LogP contribution >= 0.6 is 0 Å². The zero-order chi connectivity index (χ0) is 17.6. The van der Waals surface area contributed by atoms with Gasteiger partial charge in [0, 0.05) is 38.5 Å². The topological polar surface area (TPSA) is 101 Å². The van der Waals surface area contributed by atoms with Crippen molar-refractivity contribution >= 4 is 11.8 Å². The second-order valence-electron chi connectivity index (χ2n) is 6.00. The van der Waals surface area contributed by atoms with Crippen LogP contribution in [0.25, 0.3) is 0 Å². The number of carbonyl (C=O) groups excluding carboxylic acids is 2. The highest BCUT2D eigenvalue weighted by Gasteiger charge is 2.34. The van der Waals surface area contributed by atoms with E-state index in [1.165, 1.54) is 0 Å². The van der Waals surface area contributed by atoms with E-state index in [-0.39, 0.29) is 24.2 Å². The molecule has 3 heterocycles. The Bertz CT molecular complexity index is 731. The Hall–Kier alpha value is -2.77. The highest BCUT2D eigenvalue weighted by Crippen LogP contribution is 2.19. The molecule has 0 radical (unpaired) electrons. The van der Waals surface area contributed by atoms with Crippen LogP contribution < -0.4 is 5.32 Å². The van der Waals surface area contributed by atoms with Crippen LogP contribution in [0.2, 0.25) is 0 Å². The first-order chi connectivity index (χ1) is 12.2. The van der Waals surface area contributed by atoms with E-state index in [1.807, 2.05) is 25.1 Å². The lowest BCUT2D eigenvalue weighted by Crippen LogP contribution is -2.34. The molecule has 132 valence electrons. The second-order valence-corrected chi connectivity index (χ2v) is 6.00. The summed E-state index contributed by atoms with van der Waals surface area (Å²) in [4.78, 5) is 34.5. The number of hydrogen-bond acceptors (Lipinski definition) is 6. The lowest BCUT2D eigenvalue weighted by atomic mass is 10.1. The molecule has 2 amide bonds. The Balaban J connectivity index is 1.45. The summed E-state index contributed by atoms with van der Waals surface area (Å²) in [6, 6.07) is 5.59. The molecule has 3 rings (SSSR count). The van der Waals surface area contributed by atoms with E-state index in [0.29, 0.717) is 44.2 Å². The molecule has 0 spiro atoms. The molecule has 0 bridgehead atoms. The summed E-state index contributed by atoms with van der Waals surface area (Å²) in [6.07, 6.45) is 3.13. The van der Waals surface area contributed by atoms with Crippen LogP contribution in [-0.2, 0) is 29.0 Å². The Morgan fingerprint density at radius 1 is 1.44 bits per heavy atom. The SMILES string of the molecule is CCc1nc(CCNC(=O)C2CC(=O)N(Cc3ccccn3)C2)no1. The van der Waals surface area contributed by atoms with Gasteiger partial charge in [0.1, 0.15) is 0 Å². The van der Waals surface area contributed by atoms with Gasteiger partial charge in [0.15, 0.2) is 5.82 Å². The summed E-state index contributed by atoms with van der Waals surface area (Å²) in [5.74, 6) is 0.713. The Morgan fingerprint density at radius 2 is 2.32 bits per heavy atom. The zero-order valence-corrected chi connectivity index (χ0v) is 14.1. The number of amides is 2. The number of aryl methyl sites for hydroxylation is 1. The maximum absolute atomic E-state index is 12.3. The van der Waals surface area contributed by atoms with Crippen LogP contribution in [-0.4, -0.2) is 44.9 Å². The largest absolute Gasteiger partial charge is 0.355 e. The van der Waals surface area contributed by atoms with Gasteiger partial charge in [0.2, 0.25) is 17.7 Å². The van der Waals surface area contributed by atoms with E-state index >= 15 is 0 Å². The van der Waals surface area contributed by atoms with Gasteiger partial charge in [-0.2, -0.15) is 4.98 Å². The molecule has 1 fully saturated rings. The van der Waals surface area contributed by atoms with E-state index in [4.69, 9.17) is 4.52 Å². The third-order valence-corrected chi connectivity index (χ3v) is 4.12. The number of hydrogen-bond donors (Lipinski definition) is 1. The summed E-state index contributed by atoms with van der Waals surface area (Å²) in [7, 11) is 0. The molecular formula is C17H21N5O3. The standard InChI is InChI=1S/C17H21N5O3/c1-2-15-20-14(21-25-15)6-8-19-17(24)12-9-16(23)22(10-12)11-13-5-3-4-7-18-13/h3-5,7,12H,2,6,8-11H2,1H3,(H,19,24). The van der Waals surface area contributed by atoms with E-state index in [9.17, 15) is 9.59 Å². The fourth-order valence-electron chi connectivity index (χ4n) is 2.76. The van der Waals surface area contributed by atoms with E-state index in [2.05, 4.69) is 20.4 Å². The molecule has 2 aromatic rings. The van der Waals surface area contributed by atoms with Crippen LogP contribution in [0, 0.1) is 5.92 Å². The number of rotatable bonds is 7. The molecule has 1 aliphatic rings. The number of pyridine rings is 1. The van der Waals surface area contributed by atoms with Gasteiger partial charge in [-0.1, -0.05) is 18.1 Å². The first-order valence-corrected chi connectivity index (χ1v) is 8.42. The summed E-state index contributed by atoms with van der Waals surface area (Å²) in [5, 5.41) is 6.70. The zero-order valence-electron chi connectivity index (χ0n) is 14.1. The van der Waals surface area contributed by atoms with Crippen LogP contribution in [0.4, 0.5) is 0 Å². The smallest absolute Gasteiger partial charge is 0.226 e. The molecule has 1 saturated heterocycles. The molecular weight excluding hydrogens is 322 g/mol. The van der Waals surface area contributed by atoms with Gasteiger partial charge in [0.05, 0.1) is 18.2 Å². The molecule has 1 aliphatic heterocycles. The number of likely N-dealkylation sites (tertiary alicyclic amines) is 1. The van der Waals surface area contributed by atoms with E-state index in [1.54, 1.807) is 11.1 Å². The molecule has 8 heteroatoms. The molecule has 0 saturated carbocycles. The lowest BCUT2D eigenvalue weighted by Gasteiger charge is -2.16. The maximum atomic E-state index is 12.3. The van der Waals surface area contributed by atoms with Gasteiger partial charge in [-0.15, -0.1) is 0 Å². The Kier molecular flexibility index (Phi) is 5.37. The first-order valence-electron chi connectivity index (χ1n) is 8.42. The van der Waals surface area contributed by atoms with Crippen molar-refractivity contribution < 1.29 is 14.1 Å². The van der Waals surface area contributed by atoms with Crippen molar-refractivity contribution in [1.82, 2.24) is 25.3 Å². The average Bonchev–Trinajstić information content (AvgIpc) is 3.23. The van der Waals surface area contributed by atoms with Crippen molar-refractivity contribution in [1.29, 1.82) is 0 Å². The molecule has 0 aliphatic carbocycles. The van der Waals surface area contributed by atoms with E-state index < -0.39 is 0 Å². The predicted octanol–water partition coefficient (Wildman–Crippen LogP) is 0.734. The molecule has 1 unspecified atom stereocenters. The van der Waals surface area contributed by atoms with E-state index in [0.717, 1.165) is 5.69 Å². The van der Waals surface area contributed by atoms with Crippen molar-refractivity contribution in [2.45, 2.75) is 32.7 Å². The van der Waals surface area contributed by atoms with Crippen molar-refractivity contribution in [3.8, 4) is 0 Å². The van der Waals surface area contributed by atoms with Gasteiger partial charge < -0.3 is 14.7 Å². The fraction of sp³-hybridized carbons (Fsp3) is 0.471. The van der Waals surface area contributed by atoms with Crippen LogP contribution in [0.1, 0.15) is 30.8 Å². The molecule has 0 aromatic carbocycles. The van der Waals surface area contributed by atoms with Crippen LogP contribution in [0.3, 0.4) is 0 Å². The number of nitrogens with one attached hydrogen (secondary N) is 1. The molecule has 1 N–H and O–H groups in total. The summed E-state index contributed by atoms with van der Waals surface area (Å²) >= 11 is 0. The van der Waals surface area contributed by atoms with Gasteiger partial charge >= 0.3 is 0 Å². The molecule has 2 aromatic heterocycles. The minimum Gasteiger partial charge on any atom is -0.355 e. The highest BCUT2D eigenvalue weighted by atomic mass is 16.5. The fourth-order valence-corrected chi connectivity index (χ4v) is 2.76. The average molecular weight is 343 g/mol. The third kappa shape index (κ3) is 4.40. The van der Waals surface area contributed by atoms with Crippen molar-refractivity contribution in [2.75, 3.05) is 13.1 Å². The minimum atomic E-state index is -0.326. The van der Waals surface area contributed by atoms with Crippen LogP contribution in [0.15, 0.2) is 28.9 Å². The number of aromatic nitrogens is 3. The quantitative estimate of drug-likeness (QED) is 0.795. The van der Waals surface area contributed by atoms with Gasteiger partial charge in [-0.05, 0) is 12.1 Å². The van der Waals surface area contributed by atoms with Gasteiger partial charge in [0.25, 0.3) is 0 Å². The summed E-state index contributed by atoms with van der Waals surface area (Å²) in [5.41, 5.74) is 0.820. The van der Waals surface area contributed by atoms with Crippen LogP contribution in [0.5, 0.6) is 0 Å². The van der Waals surface area contributed by atoms with Crippen molar-refractivity contribution in [3.05, 3.63) is 41.8 Å². The predicted molar refractivity (Wildman–Crippen MR) is 88.2 cm³/mol. The highest BCUT2D eigenvalue weighted by molar-refractivity contribution is 5.89. The van der Waals surface area contributed by atoms with Gasteiger partial charge in [-0.25, -0.2) is 0 Å². The summed E-state index contributed by atoms with van der Waals surface area (Å²) < 4.78 is 5.02. The summed E-state index contributed by atoms with van der Waals surface area (Å²) in [6.45, 7) is 3.22.